The summed E-state index contributed by atoms with van der Waals surface area (Å²) >= 11 is 0. The van der Waals surface area contributed by atoms with E-state index in [4.69, 9.17) is 28.4 Å². The largest absolute Gasteiger partial charge is 0.487 e. The molecule has 0 atom stereocenters. The van der Waals surface area contributed by atoms with E-state index in [1.807, 2.05) is 24.3 Å². The van der Waals surface area contributed by atoms with E-state index in [1.165, 1.54) is 12.1 Å². The summed E-state index contributed by atoms with van der Waals surface area (Å²) in [5.41, 5.74) is 0.121. The van der Waals surface area contributed by atoms with Gasteiger partial charge in [0.25, 0.3) is 0 Å². The van der Waals surface area contributed by atoms with E-state index in [-0.39, 0.29) is 12.2 Å². The summed E-state index contributed by atoms with van der Waals surface area (Å²) in [5.74, 6) is 1.07. The van der Waals surface area contributed by atoms with Crippen molar-refractivity contribution in [2.24, 2.45) is 0 Å². The molecule has 1 aliphatic rings. The number of carboxylic acid groups (broad SMARTS) is 1. The molecule has 0 spiro atoms. The van der Waals surface area contributed by atoms with E-state index >= 15 is 0 Å². The van der Waals surface area contributed by atoms with Crippen molar-refractivity contribution in [3.63, 3.8) is 0 Å². The zero-order valence-electron chi connectivity index (χ0n) is 16.0. The number of carboxylic acids is 1. The molecule has 29 heavy (non-hydrogen) atoms. The summed E-state index contributed by atoms with van der Waals surface area (Å²) in [5, 5.41) is 9.17. The number of para-hydroxylation sites is 2. The first kappa shape index (κ1) is 20.8. The Bertz CT molecular complexity index is 792. The van der Waals surface area contributed by atoms with Gasteiger partial charge in [0.2, 0.25) is 0 Å². The molecule has 1 aliphatic heterocycles. The Morgan fingerprint density at radius 2 is 1.07 bits per heavy atom. The highest BCUT2D eigenvalue weighted by atomic mass is 16.6. The average molecular weight is 404 g/mol. The lowest BCUT2D eigenvalue weighted by Gasteiger charge is -2.15. The molecular formula is C21H24O8. The van der Waals surface area contributed by atoms with Crippen LogP contribution >= 0.6 is 0 Å². The Morgan fingerprint density at radius 3 is 1.55 bits per heavy atom. The standard InChI is InChI=1S/C21H24O8/c22-21(23)16-5-6-19-20(15-16)29-14-10-25-8-12-27-18-4-2-1-3-17(18)26-11-7-24-9-13-28-19/h1-6,15H,7-14H2,(H,22,23). The second-order valence-corrected chi connectivity index (χ2v) is 6.03. The normalized spacial score (nSPS) is 16.3. The van der Waals surface area contributed by atoms with Gasteiger partial charge in [0.1, 0.15) is 26.4 Å². The van der Waals surface area contributed by atoms with E-state index in [0.29, 0.717) is 69.2 Å². The van der Waals surface area contributed by atoms with Crippen molar-refractivity contribution in [2.75, 3.05) is 52.9 Å². The molecular weight excluding hydrogens is 380 g/mol. The van der Waals surface area contributed by atoms with Crippen molar-refractivity contribution in [1.29, 1.82) is 0 Å². The molecule has 2 aromatic rings. The van der Waals surface area contributed by atoms with Crippen LogP contribution in [0.3, 0.4) is 0 Å². The number of carbonyl (C=O) groups is 1. The van der Waals surface area contributed by atoms with E-state index in [9.17, 15) is 9.90 Å². The van der Waals surface area contributed by atoms with Crippen molar-refractivity contribution in [3.8, 4) is 23.0 Å². The highest BCUT2D eigenvalue weighted by Crippen LogP contribution is 2.29. The van der Waals surface area contributed by atoms with Gasteiger partial charge in [0.15, 0.2) is 23.0 Å². The van der Waals surface area contributed by atoms with Crippen LogP contribution in [0.15, 0.2) is 42.5 Å². The fraction of sp³-hybridized carbons (Fsp3) is 0.381. The molecule has 2 aromatic carbocycles. The number of aromatic carboxylic acids is 1. The molecule has 8 nitrogen and oxygen atoms in total. The molecule has 0 bridgehead atoms. The lowest BCUT2D eigenvalue weighted by atomic mass is 10.2. The van der Waals surface area contributed by atoms with Crippen molar-refractivity contribution >= 4 is 5.97 Å². The Balaban J connectivity index is 1.61. The molecule has 156 valence electrons. The van der Waals surface area contributed by atoms with Gasteiger partial charge in [-0.3, -0.25) is 0 Å². The molecule has 3 rings (SSSR count). The predicted molar refractivity (Wildman–Crippen MR) is 103 cm³/mol. The van der Waals surface area contributed by atoms with Crippen LogP contribution in [-0.2, 0) is 9.47 Å². The number of hydrogen-bond donors (Lipinski definition) is 1. The maximum Gasteiger partial charge on any atom is 0.335 e. The van der Waals surface area contributed by atoms with Gasteiger partial charge in [0, 0.05) is 0 Å². The number of fused-ring (bicyclic) bond motifs is 2. The van der Waals surface area contributed by atoms with Crippen LogP contribution in [0.1, 0.15) is 10.4 Å². The Hall–Kier alpha value is -2.97. The van der Waals surface area contributed by atoms with Gasteiger partial charge >= 0.3 is 5.97 Å². The lowest BCUT2D eigenvalue weighted by Crippen LogP contribution is -2.15. The minimum atomic E-state index is -1.03. The highest BCUT2D eigenvalue weighted by Gasteiger charge is 2.11. The van der Waals surface area contributed by atoms with E-state index in [1.54, 1.807) is 6.07 Å². The van der Waals surface area contributed by atoms with Crippen LogP contribution in [0.5, 0.6) is 23.0 Å². The van der Waals surface area contributed by atoms with Crippen molar-refractivity contribution in [3.05, 3.63) is 48.0 Å². The number of benzene rings is 2. The first-order valence-corrected chi connectivity index (χ1v) is 9.37. The predicted octanol–water partition coefficient (Wildman–Crippen LogP) is 2.65. The van der Waals surface area contributed by atoms with Gasteiger partial charge in [0.05, 0.1) is 32.0 Å². The fourth-order valence-corrected chi connectivity index (χ4v) is 2.61. The van der Waals surface area contributed by atoms with Gasteiger partial charge in [-0.15, -0.1) is 0 Å². The third kappa shape index (κ3) is 6.55. The highest BCUT2D eigenvalue weighted by molar-refractivity contribution is 5.88. The second-order valence-electron chi connectivity index (χ2n) is 6.03. The van der Waals surface area contributed by atoms with Gasteiger partial charge in [-0.25, -0.2) is 4.79 Å². The smallest absolute Gasteiger partial charge is 0.335 e. The van der Waals surface area contributed by atoms with Crippen LogP contribution in [0, 0.1) is 0 Å². The Morgan fingerprint density at radius 1 is 0.621 bits per heavy atom. The third-order valence-electron chi connectivity index (χ3n) is 3.98. The van der Waals surface area contributed by atoms with Gasteiger partial charge in [-0.05, 0) is 30.3 Å². The van der Waals surface area contributed by atoms with Crippen LogP contribution in [0.2, 0.25) is 0 Å². The summed E-state index contributed by atoms with van der Waals surface area (Å²) in [4.78, 5) is 11.2. The first-order valence-electron chi connectivity index (χ1n) is 9.37. The monoisotopic (exact) mass is 404 g/mol. The summed E-state index contributed by atoms with van der Waals surface area (Å²) in [7, 11) is 0. The summed E-state index contributed by atoms with van der Waals surface area (Å²) < 4.78 is 33.8. The molecule has 0 saturated carbocycles. The Kier molecular flexibility index (Phi) is 7.97. The fourth-order valence-electron chi connectivity index (χ4n) is 2.61. The van der Waals surface area contributed by atoms with Crippen LogP contribution in [0.25, 0.3) is 0 Å². The molecule has 8 heteroatoms. The van der Waals surface area contributed by atoms with Crippen LogP contribution in [-0.4, -0.2) is 63.9 Å². The zero-order valence-corrected chi connectivity index (χ0v) is 16.0. The Labute approximate surface area is 168 Å². The molecule has 0 saturated heterocycles. The van der Waals surface area contributed by atoms with Gasteiger partial charge in [-0.2, -0.15) is 0 Å². The van der Waals surface area contributed by atoms with Gasteiger partial charge in [-0.1, -0.05) is 12.1 Å². The van der Waals surface area contributed by atoms with Crippen LogP contribution in [0.4, 0.5) is 0 Å². The molecule has 0 aromatic heterocycles. The van der Waals surface area contributed by atoms with Gasteiger partial charge < -0.3 is 33.5 Å². The van der Waals surface area contributed by atoms with E-state index < -0.39 is 5.97 Å². The topological polar surface area (TPSA) is 92.7 Å². The molecule has 0 radical (unpaired) electrons. The number of rotatable bonds is 1. The third-order valence-corrected chi connectivity index (χ3v) is 3.98. The van der Waals surface area contributed by atoms with Crippen molar-refractivity contribution < 1.29 is 38.3 Å². The molecule has 1 heterocycles. The average Bonchev–Trinajstić information content (AvgIpc) is 2.73. The molecule has 1 N–H and O–H groups in total. The van der Waals surface area contributed by atoms with E-state index in [2.05, 4.69) is 0 Å². The number of ether oxygens (including phenoxy) is 6. The van der Waals surface area contributed by atoms with Crippen molar-refractivity contribution in [2.45, 2.75) is 0 Å². The minimum absolute atomic E-state index is 0.121. The molecule has 0 fully saturated rings. The second kappa shape index (κ2) is 11.1. The lowest BCUT2D eigenvalue weighted by molar-refractivity contribution is 0.0637. The van der Waals surface area contributed by atoms with Crippen LogP contribution < -0.4 is 18.9 Å². The zero-order chi connectivity index (χ0) is 20.3. The van der Waals surface area contributed by atoms with Crippen molar-refractivity contribution in [1.82, 2.24) is 0 Å². The molecule has 0 unspecified atom stereocenters. The maximum absolute atomic E-state index is 11.2. The first-order chi connectivity index (χ1) is 14.2. The maximum atomic E-state index is 11.2. The minimum Gasteiger partial charge on any atom is -0.487 e. The van der Waals surface area contributed by atoms with E-state index in [0.717, 1.165) is 0 Å². The summed E-state index contributed by atoms with van der Waals surface area (Å²) in [6, 6.07) is 11.9. The molecule has 0 amide bonds. The molecule has 0 aliphatic carbocycles. The summed E-state index contributed by atoms with van der Waals surface area (Å²) in [6.45, 7) is 2.71. The quantitative estimate of drug-likeness (QED) is 0.776. The summed E-state index contributed by atoms with van der Waals surface area (Å²) in [6.07, 6.45) is 0. The SMILES string of the molecule is O=C(O)c1ccc2c(c1)OCCOCCOc1ccccc1OCCOCCO2. The number of hydrogen-bond acceptors (Lipinski definition) is 7.